The molecule has 0 bridgehead atoms. The zero-order chi connectivity index (χ0) is 22.8. The lowest BCUT2D eigenvalue weighted by Crippen LogP contribution is -2.44. The number of hydrazone groups is 1. The third-order valence-corrected chi connectivity index (χ3v) is 7.57. The highest BCUT2D eigenvalue weighted by molar-refractivity contribution is 6.30. The van der Waals surface area contributed by atoms with Crippen LogP contribution in [0.15, 0.2) is 59.2 Å². The molecule has 2 unspecified atom stereocenters. The van der Waals surface area contributed by atoms with Gasteiger partial charge in [-0.05, 0) is 79.1 Å². The van der Waals surface area contributed by atoms with E-state index in [0.717, 1.165) is 54.0 Å². The van der Waals surface area contributed by atoms with Gasteiger partial charge in [0.1, 0.15) is 0 Å². The van der Waals surface area contributed by atoms with E-state index in [1.165, 1.54) is 24.8 Å². The SMILES string of the molecule is O=C(NC1CCCCC1)N1N=C2/C(=C\c3ccc(Cl)cc3)CCCC2C1c1ccc(Cl)cc1. The van der Waals surface area contributed by atoms with Crippen molar-refractivity contribution in [2.24, 2.45) is 11.0 Å². The molecule has 1 heterocycles. The van der Waals surface area contributed by atoms with Crippen LogP contribution in [0.5, 0.6) is 0 Å². The number of benzene rings is 2. The highest BCUT2D eigenvalue weighted by Crippen LogP contribution is 2.44. The molecular formula is C27H29Cl2N3O. The largest absolute Gasteiger partial charge is 0.338 e. The summed E-state index contributed by atoms with van der Waals surface area (Å²) in [4.78, 5) is 13.5. The zero-order valence-electron chi connectivity index (χ0n) is 18.6. The maximum absolute atomic E-state index is 13.5. The molecule has 0 aromatic heterocycles. The Morgan fingerprint density at radius 3 is 2.27 bits per heavy atom. The number of carbonyl (C=O) groups excluding carboxylic acids is 1. The van der Waals surface area contributed by atoms with Gasteiger partial charge >= 0.3 is 6.03 Å². The number of halogens is 2. The highest BCUT2D eigenvalue weighted by Gasteiger charge is 2.44. The quantitative estimate of drug-likeness (QED) is 0.480. The molecular weight excluding hydrogens is 453 g/mol. The van der Waals surface area contributed by atoms with Crippen molar-refractivity contribution in [2.75, 3.05) is 0 Å². The van der Waals surface area contributed by atoms with Crippen LogP contribution in [0.3, 0.4) is 0 Å². The van der Waals surface area contributed by atoms with E-state index in [4.69, 9.17) is 28.3 Å². The molecule has 0 spiro atoms. The van der Waals surface area contributed by atoms with Crippen LogP contribution in [0.1, 0.15) is 68.5 Å². The molecule has 0 saturated heterocycles. The number of amides is 2. The second-order valence-electron chi connectivity index (χ2n) is 9.33. The molecule has 2 fully saturated rings. The number of urea groups is 1. The van der Waals surface area contributed by atoms with Gasteiger partial charge in [0.15, 0.2) is 0 Å². The lowest BCUT2D eigenvalue weighted by atomic mass is 9.77. The summed E-state index contributed by atoms with van der Waals surface area (Å²) in [5, 5.41) is 11.4. The summed E-state index contributed by atoms with van der Waals surface area (Å²) >= 11 is 12.2. The number of hydrogen-bond acceptors (Lipinski definition) is 2. The molecule has 2 aromatic carbocycles. The minimum Gasteiger partial charge on any atom is -0.334 e. The fraction of sp³-hybridized carbons (Fsp3) is 0.407. The Bertz CT molecular complexity index is 1060. The third kappa shape index (κ3) is 4.97. The predicted molar refractivity (Wildman–Crippen MR) is 136 cm³/mol. The average molecular weight is 482 g/mol. The standard InChI is InChI=1S/C27H29Cl2N3O/c28-21-13-9-18(10-14-21)17-20-5-4-8-24-25(20)31-32(26(24)19-11-15-22(29)16-12-19)27(33)30-23-6-2-1-3-7-23/h9-17,23-24,26H,1-8H2,(H,30,33)/b20-17-. The summed E-state index contributed by atoms with van der Waals surface area (Å²) in [6, 6.07) is 15.8. The van der Waals surface area contributed by atoms with E-state index in [9.17, 15) is 4.79 Å². The van der Waals surface area contributed by atoms with Gasteiger partial charge in [-0.2, -0.15) is 5.10 Å². The van der Waals surface area contributed by atoms with Crippen LogP contribution in [-0.2, 0) is 0 Å². The van der Waals surface area contributed by atoms with E-state index in [-0.39, 0.29) is 24.0 Å². The van der Waals surface area contributed by atoms with Gasteiger partial charge in [-0.15, -0.1) is 0 Å². The molecule has 1 aliphatic heterocycles. The first-order valence-electron chi connectivity index (χ1n) is 12.0. The van der Waals surface area contributed by atoms with Gasteiger partial charge < -0.3 is 5.32 Å². The summed E-state index contributed by atoms with van der Waals surface area (Å²) in [6.45, 7) is 0. The molecule has 0 radical (unpaired) electrons. The molecule has 5 rings (SSSR count). The molecule has 3 aliphatic rings. The van der Waals surface area contributed by atoms with E-state index in [1.807, 2.05) is 48.5 Å². The molecule has 1 N–H and O–H groups in total. The Morgan fingerprint density at radius 2 is 1.58 bits per heavy atom. The van der Waals surface area contributed by atoms with E-state index in [0.29, 0.717) is 5.02 Å². The van der Waals surface area contributed by atoms with Crippen LogP contribution in [0, 0.1) is 5.92 Å². The van der Waals surface area contributed by atoms with Crippen molar-refractivity contribution >= 4 is 41.0 Å². The summed E-state index contributed by atoms with van der Waals surface area (Å²) < 4.78 is 0. The Morgan fingerprint density at radius 1 is 0.909 bits per heavy atom. The van der Waals surface area contributed by atoms with Gasteiger partial charge in [-0.3, -0.25) is 0 Å². The first kappa shape index (κ1) is 22.5. The van der Waals surface area contributed by atoms with Crippen LogP contribution in [0.25, 0.3) is 6.08 Å². The van der Waals surface area contributed by atoms with Crippen molar-refractivity contribution in [1.82, 2.24) is 10.3 Å². The smallest absolute Gasteiger partial charge is 0.334 e. The minimum atomic E-state index is -0.116. The molecule has 2 aromatic rings. The number of nitrogens with one attached hydrogen (secondary N) is 1. The maximum Gasteiger partial charge on any atom is 0.338 e. The van der Waals surface area contributed by atoms with Crippen LogP contribution < -0.4 is 5.32 Å². The Labute approximate surface area is 205 Å². The summed E-state index contributed by atoms with van der Waals surface area (Å²) in [5.74, 6) is 0.176. The monoisotopic (exact) mass is 481 g/mol. The summed E-state index contributed by atoms with van der Waals surface area (Å²) in [5.41, 5.74) is 4.43. The second kappa shape index (κ2) is 9.90. The van der Waals surface area contributed by atoms with E-state index in [2.05, 4.69) is 11.4 Å². The number of rotatable bonds is 3. The van der Waals surface area contributed by atoms with Crippen molar-refractivity contribution in [3.63, 3.8) is 0 Å². The van der Waals surface area contributed by atoms with E-state index < -0.39 is 0 Å². The molecule has 2 atom stereocenters. The van der Waals surface area contributed by atoms with E-state index in [1.54, 1.807) is 5.01 Å². The number of fused-ring (bicyclic) bond motifs is 1. The van der Waals surface area contributed by atoms with Crippen molar-refractivity contribution in [2.45, 2.75) is 63.5 Å². The van der Waals surface area contributed by atoms with Crippen molar-refractivity contribution in [3.8, 4) is 0 Å². The van der Waals surface area contributed by atoms with Crippen LogP contribution in [0.2, 0.25) is 10.0 Å². The zero-order valence-corrected chi connectivity index (χ0v) is 20.2. The number of nitrogens with zero attached hydrogens (tertiary/aromatic N) is 2. The third-order valence-electron chi connectivity index (χ3n) is 7.06. The van der Waals surface area contributed by atoms with Gasteiger partial charge in [0.2, 0.25) is 0 Å². The molecule has 33 heavy (non-hydrogen) atoms. The van der Waals surface area contributed by atoms with Crippen molar-refractivity contribution in [3.05, 3.63) is 75.3 Å². The van der Waals surface area contributed by atoms with Crippen molar-refractivity contribution in [1.29, 1.82) is 0 Å². The summed E-state index contributed by atoms with van der Waals surface area (Å²) in [6.07, 6.45) is 11.0. The average Bonchev–Trinajstić information content (AvgIpc) is 3.23. The Balaban J connectivity index is 1.48. The first-order valence-corrected chi connectivity index (χ1v) is 12.7. The normalized spacial score (nSPS) is 24.5. The Hall–Kier alpha value is -2.30. The second-order valence-corrected chi connectivity index (χ2v) is 10.2. The summed E-state index contributed by atoms with van der Waals surface area (Å²) in [7, 11) is 0. The van der Waals surface area contributed by atoms with Crippen LogP contribution in [-0.4, -0.2) is 22.8 Å². The van der Waals surface area contributed by atoms with Crippen LogP contribution in [0.4, 0.5) is 4.79 Å². The minimum absolute atomic E-state index is 0.0883. The lowest BCUT2D eigenvalue weighted by molar-refractivity contribution is 0.167. The predicted octanol–water partition coefficient (Wildman–Crippen LogP) is 7.63. The number of allylic oxidation sites excluding steroid dienone is 1. The maximum atomic E-state index is 13.5. The molecule has 2 saturated carbocycles. The molecule has 2 aliphatic carbocycles. The fourth-order valence-electron chi connectivity index (χ4n) is 5.41. The Kier molecular flexibility index (Phi) is 6.75. The molecule has 6 heteroatoms. The highest BCUT2D eigenvalue weighted by atomic mass is 35.5. The van der Waals surface area contributed by atoms with Gasteiger partial charge in [-0.25, -0.2) is 9.80 Å². The topological polar surface area (TPSA) is 44.7 Å². The van der Waals surface area contributed by atoms with E-state index >= 15 is 0 Å². The lowest BCUT2D eigenvalue weighted by Gasteiger charge is -2.31. The van der Waals surface area contributed by atoms with Gasteiger partial charge in [0, 0.05) is 22.0 Å². The van der Waals surface area contributed by atoms with Gasteiger partial charge in [0.05, 0.1) is 11.8 Å². The molecule has 4 nitrogen and oxygen atoms in total. The number of hydrogen-bond donors (Lipinski definition) is 1. The first-order chi connectivity index (χ1) is 16.1. The van der Waals surface area contributed by atoms with Crippen LogP contribution >= 0.6 is 23.2 Å². The van der Waals surface area contributed by atoms with Gasteiger partial charge in [0.25, 0.3) is 0 Å². The molecule has 2 amide bonds. The van der Waals surface area contributed by atoms with Crippen molar-refractivity contribution < 1.29 is 4.79 Å². The molecule has 172 valence electrons. The fourth-order valence-corrected chi connectivity index (χ4v) is 5.66. The number of carbonyl (C=O) groups is 1. The van der Waals surface area contributed by atoms with Gasteiger partial charge in [-0.1, -0.05) is 66.7 Å².